The van der Waals surface area contributed by atoms with Gasteiger partial charge in [0.05, 0.1) is 5.56 Å². The number of alkyl halides is 2. The highest BCUT2D eigenvalue weighted by molar-refractivity contribution is 6.07. The number of rotatable bonds is 2. The topological polar surface area (TPSA) is 86.5 Å². The Hall–Kier alpha value is -2.90. The van der Waals surface area contributed by atoms with Crippen LogP contribution in [0.3, 0.4) is 0 Å². The zero-order valence-corrected chi connectivity index (χ0v) is 10.5. The highest BCUT2D eigenvalue weighted by Crippen LogP contribution is 2.42. The third kappa shape index (κ3) is 2.55. The van der Waals surface area contributed by atoms with Crippen molar-refractivity contribution in [3.8, 4) is 11.5 Å². The van der Waals surface area contributed by atoms with Crippen LogP contribution >= 0.6 is 0 Å². The lowest BCUT2D eigenvalue weighted by Crippen LogP contribution is -2.25. The number of anilines is 2. The fourth-order valence-electron chi connectivity index (χ4n) is 1.83. The van der Waals surface area contributed by atoms with Gasteiger partial charge in [0.1, 0.15) is 5.82 Å². The van der Waals surface area contributed by atoms with Crippen LogP contribution < -0.4 is 20.5 Å². The van der Waals surface area contributed by atoms with Crippen LogP contribution in [0, 0.1) is 0 Å². The smallest absolute Gasteiger partial charge is 0.395 e. The third-order valence-electron chi connectivity index (χ3n) is 2.74. The summed E-state index contributed by atoms with van der Waals surface area (Å²) in [6.45, 7) is 0. The molecule has 1 aliphatic rings. The highest BCUT2D eigenvalue weighted by Gasteiger charge is 2.43. The number of carbonyl (C=O) groups is 1. The Morgan fingerprint density at radius 1 is 1.24 bits per heavy atom. The average molecular weight is 293 g/mol. The molecule has 2 aromatic rings. The van der Waals surface area contributed by atoms with Crippen LogP contribution in [0.2, 0.25) is 0 Å². The van der Waals surface area contributed by atoms with E-state index in [1.807, 2.05) is 0 Å². The predicted octanol–water partition coefficient (Wildman–Crippen LogP) is 2.24. The van der Waals surface area contributed by atoms with Crippen molar-refractivity contribution >= 4 is 17.4 Å². The van der Waals surface area contributed by atoms with Crippen molar-refractivity contribution in [3.05, 3.63) is 42.1 Å². The molecule has 108 valence electrons. The van der Waals surface area contributed by atoms with Gasteiger partial charge in [-0.05, 0) is 24.3 Å². The molecule has 3 N–H and O–H groups in total. The van der Waals surface area contributed by atoms with E-state index >= 15 is 0 Å². The van der Waals surface area contributed by atoms with Gasteiger partial charge in [-0.25, -0.2) is 4.98 Å². The number of nitrogen functional groups attached to an aromatic ring is 1. The first-order valence-corrected chi connectivity index (χ1v) is 5.86. The number of nitrogens with one attached hydrogen (secondary N) is 1. The van der Waals surface area contributed by atoms with Gasteiger partial charge in [0.2, 0.25) is 0 Å². The molecule has 0 bridgehead atoms. The number of carbonyl (C=O) groups excluding carboxylic acids is 1. The minimum Gasteiger partial charge on any atom is -0.395 e. The number of hydrogen-bond acceptors (Lipinski definition) is 5. The lowest BCUT2D eigenvalue weighted by molar-refractivity contribution is -0.286. The van der Waals surface area contributed by atoms with E-state index in [0.717, 1.165) is 0 Å². The molecule has 1 aliphatic heterocycles. The van der Waals surface area contributed by atoms with Crippen LogP contribution in [-0.2, 0) is 0 Å². The molecule has 1 aromatic heterocycles. The van der Waals surface area contributed by atoms with E-state index in [1.165, 1.54) is 30.5 Å². The van der Waals surface area contributed by atoms with Crippen LogP contribution in [0.4, 0.5) is 20.3 Å². The Bertz CT molecular complexity index is 722. The first kappa shape index (κ1) is 13.1. The van der Waals surface area contributed by atoms with Crippen molar-refractivity contribution < 1.29 is 23.0 Å². The van der Waals surface area contributed by atoms with Gasteiger partial charge < -0.3 is 20.5 Å². The number of hydrogen-bond donors (Lipinski definition) is 2. The van der Waals surface area contributed by atoms with Crippen molar-refractivity contribution in [2.75, 3.05) is 11.1 Å². The highest BCUT2D eigenvalue weighted by atomic mass is 19.3. The van der Waals surface area contributed by atoms with Gasteiger partial charge in [-0.15, -0.1) is 8.78 Å². The van der Waals surface area contributed by atoms with E-state index in [-0.39, 0.29) is 28.6 Å². The Balaban J connectivity index is 1.81. The van der Waals surface area contributed by atoms with Crippen LogP contribution in [-0.4, -0.2) is 17.2 Å². The molecule has 0 radical (unpaired) electrons. The number of halogens is 2. The Kier molecular flexibility index (Phi) is 2.86. The van der Waals surface area contributed by atoms with Crippen molar-refractivity contribution in [2.24, 2.45) is 0 Å². The molecule has 0 atom stereocenters. The molecule has 8 heteroatoms. The molecule has 21 heavy (non-hydrogen) atoms. The van der Waals surface area contributed by atoms with Crippen LogP contribution in [0.1, 0.15) is 10.4 Å². The maximum absolute atomic E-state index is 12.9. The second-order valence-electron chi connectivity index (χ2n) is 4.22. The minimum atomic E-state index is -3.70. The fourth-order valence-corrected chi connectivity index (χ4v) is 1.83. The molecule has 3 rings (SSSR count). The molecule has 2 heterocycles. The molecule has 0 fully saturated rings. The zero-order chi connectivity index (χ0) is 15.0. The maximum Gasteiger partial charge on any atom is 0.586 e. The molecule has 0 unspecified atom stereocenters. The Morgan fingerprint density at radius 2 is 2.00 bits per heavy atom. The van der Waals surface area contributed by atoms with Gasteiger partial charge in [0.15, 0.2) is 11.5 Å². The third-order valence-corrected chi connectivity index (χ3v) is 2.74. The number of nitrogens with two attached hydrogens (primary N) is 1. The molecular formula is C13H9F2N3O3. The first-order valence-electron chi connectivity index (χ1n) is 5.86. The van der Waals surface area contributed by atoms with Gasteiger partial charge in [0, 0.05) is 18.0 Å². The molecule has 0 saturated heterocycles. The largest absolute Gasteiger partial charge is 0.586 e. The second kappa shape index (κ2) is 4.58. The van der Waals surface area contributed by atoms with Crippen LogP contribution in [0.5, 0.6) is 11.5 Å². The molecule has 0 saturated carbocycles. The van der Waals surface area contributed by atoms with Crippen LogP contribution in [0.15, 0.2) is 36.5 Å². The van der Waals surface area contributed by atoms with Crippen molar-refractivity contribution in [1.29, 1.82) is 0 Å². The van der Waals surface area contributed by atoms with Gasteiger partial charge in [-0.1, -0.05) is 0 Å². The summed E-state index contributed by atoms with van der Waals surface area (Å²) in [4.78, 5) is 15.8. The number of aromatic nitrogens is 1. The summed E-state index contributed by atoms with van der Waals surface area (Å²) in [6, 6.07) is 6.98. The number of pyridine rings is 1. The quantitative estimate of drug-likeness (QED) is 0.886. The number of ether oxygens (including phenoxy) is 2. The second-order valence-corrected chi connectivity index (χ2v) is 4.22. The average Bonchev–Trinajstić information content (AvgIpc) is 2.72. The van der Waals surface area contributed by atoms with Gasteiger partial charge in [0.25, 0.3) is 5.91 Å². The predicted molar refractivity (Wildman–Crippen MR) is 69.2 cm³/mol. The molecule has 1 amide bonds. The lowest BCUT2D eigenvalue weighted by Gasteiger charge is -2.07. The van der Waals surface area contributed by atoms with Gasteiger partial charge in [-0.2, -0.15) is 0 Å². The molecule has 6 nitrogen and oxygen atoms in total. The summed E-state index contributed by atoms with van der Waals surface area (Å²) in [5, 5.41) is 2.52. The Labute approximate surface area is 117 Å². The summed E-state index contributed by atoms with van der Waals surface area (Å²) in [5.74, 6) is -0.690. The van der Waals surface area contributed by atoms with E-state index in [9.17, 15) is 13.6 Å². The first-order chi connectivity index (χ1) is 9.94. The van der Waals surface area contributed by atoms with E-state index < -0.39 is 12.2 Å². The minimum absolute atomic E-state index is 0.0716. The SMILES string of the molecule is Nc1ncccc1C(=O)Nc1ccc2c(c1)OC(F)(F)O2. The summed E-state index contributed by atoms with van der Waals surface area (Å²) in [7, 11) is 0. The molecular weight excluding hydrogens is 284 g/mol. The summed E-state index contributed by atoms with van der Waals surface area (Å²) in [6.07, 6.45) is -2.24. The Morgan fingerprint density at radius 3 is 2.76 bits per heavy atom. The number of fused-ring (bicyclic) bond motifs is 1. The summed E-state index contributed by atoms with van der Waals surface area (Å²) >= 11 is 0. The fraction of sp³-hybridized carbons (Fsp3) is 0.0769. The summed E-state index contributed by atoms with van der Waals surface area (Å²) < 4.78 is 34.3. The normalized spacial score (nSPS) is 14.8. The standard InChI is InChI=1S/C13H9F2N3O3/c14-13(15)20-9-4-3-7(6-10(9)21-13)18-12(19)8-2-1-5-17-11(8)16/h1-6H,(H2,16,17)(H,18,19). The molecule has 0 spiro atoms. The lowest BCUT2D eigenvalue weighted by atomic mass is 10.2. The summed E-state index contributed by atoms with van der Waals surface area (Å²) in [5.41, 5.74) is 6.03. The van der Waals surface area contributed by atoms with E-state index in [0.29, 0.717) is 0 Å². The number of amides is 1. The van der Waals surface area contributed by atoms with Gasteiger partial charge >= 0.3 is 6.29 Å². The van der Waals surface area contributed by atoms with E-state index in [1.54, 1.807) is 6.07 Å². The zero-order valence-electron chi connectivity index (χ0n) is 10.5. The molecule has 1 aromatic carbocycles. The number of nitrogens with zero attached hydrogens (tertiary/aromatic N) is 1. The molecule has 0 aliphatic carbocycles. The van der Waals surface area contributed by atoms with E-state index in [4.69, 9.17) is 5.73 Å². The van der Waals surface area contributed by atoms with Crippen molar-refractivity contribution in [3.63, 3.8) is 0 Å². The van der Waals surface area contributed by atoms with Crippen LogP contribution in [0.25, 0.3) is 0 Å². The maximum atomic E-state index is 12.9. The van der Waals surface area contributed by atoms with E-state index in [2.05, 4.69) is 19.8 Å². The van der Waals surface area contributed by atoms with Gasteiger partial charge in [-0.3, -0.25) is 4.79 Å². The van der Waals surface area contributed by atoms with Crippen molar-refractivity contribution in [1.82, 2.24) is 4.98 Å². The monoisotopic (exact) mass is 293 g/mol. The van der Waals surface area contributed by atoms with Crippen molar-refractivity contribution in [2.45, 2.75) is 6.29 Å². The number of benzene rings is 1.